The topological polar surface area (TPSA) is 72.2 Å². The van der Waals surface area contributed by atoms with Crippen LogP contribution in [-0.2, 0) is 0 Å². The number of nitrogens with zero attached hydrogens (tertiary/aromatic N) is 1. The minimum absolute atomic E-state index is 0.0228. The van der Waals surface area contributed by atoms with Gasteiger partial charge in [-0.3, -0.25) is 14.9 Å². The van der Waals surface area contributed by atoms with Crippen LogP contribution in [0.2, 0.25) is 5.02 Å². The maximum absolute atomic E-state index is 12.3. The smallest absolute Gasteiger partial charge is 0.283 e. The van der Waals surface area contributed by atoms with Crippen LogP contribution < -0.4 is 5.32 Å². The number of nitrogens with one attached hydrogen (secondary N) is 1. The van der Waals surface area contributed by atoms with E-state index in [0.717, 1.165) is 6.42 Å². The van der Waals surface area contributed by atoms with E-state index in [9.17, 15) is 14.9 Å². The van der Waals surface area contributed by atoms with Crippen molar-refractivity contribution in [2.24, 2.45) is 0 Å². The molecule has 0 fully saturated rings. The Kier molecular flexibility index (Phi) is 5.34. The van der Waals surface area contributed by atoms with Crippen LogP contribution in [0.4, 0.5) is 11.4 Å². The van der Waals surface area contributed by atoms with Crippen molar-refractivity contribution in [3.63, 3.8) is 0 Å². The molecule has 0 aromatic heterocycles. The number of carbonyl (C=O) groups is 1. The van der Waals surface area contributed by atoms with E-state index in [2.05, 4.69) is 19.2 Å². The highest BCUT2D eigenvalue weighted by atomic mass is 35.5. The largest absolute Gasteiger partial charge is 0.322 e. The van der Waals surface area contributed by atoms with Crippen LogP contribution in [0, 0.1) is 10.1 Å². The minimum Gasteiger partial charge on any atom is -0.322 e. The highest BCUT2D eigenvalue weighted by Crippen LogP contribution is 2.25. The van der Waals surface area contributed by atoms with E-state index in [1.165, 1.54) is 23.8 Å². The lowest BCUT2D eigenvalue weighted by molar-refractivity contribution is -0.385. The summed E-state index contributed by atoms with van der Waals surface area (Å²) in [6, 6.07) is 11.4. The van der Waals surface area contributed by atoms with Crippen molar-refractivity contribution < 1.29 is 9.72 Å². The number of nitro groups is 1. The van der Waals surface area contributed by atoms with Crippen molar-refractivity contribution in [3.05, 3.63) is 68.7 Å². The average molecular weight is 333 g/mol. The van der Waals surface area contributed by atoms with E-state index >= 15 is 0 Å². The predicted octanol–water partition coefficient (Wildman–Crippen LogP) is 5.01. The summed E-state index contributed by atoms with van der Waals surface area (Å²) in [6.45, 7) is 4.24. The number of rotatable bonds is 5. The van der Waals surface area contributed by atoms with E-state index < -0.39 is 10.8 Å². The molecular weight excluding hydrogens is 316 g/mol. The molecule has 1 N–H and O–H groups in total. The van der Waals surface area contributed by atoms with Crippen LogP contribution in [0.3, 0.4) is 0 Å². The molecule has 23 heavy (non-hydrogen) atoms. The summed E-state index contributed by atoms with van der Waals surface area (Å²) < 4.78 is 0. The molecule has 0 spiro atoms. The molecule has 2 rings (SSSR count). The Hall–Kier alpha value is -2.40. The number of amides is 1. The van der Waals surface area contributed by atoms with Crippen LogP contribution in [0.25, 0.3) is 0 Å². The lowest BCUT2D eigenvalue weighted by Gasteiger charge is -2.10. The summed E-state index contributed by atoms with van der Waals surface area (Å²) in [5, 5.41) is 13.9. The fraction of sp³-hybridized carbons (Fsp3) is 0.235. The molecule has 0 bridgehead atoms. The van der Waals surface area contributed by atoms with Crippen molar-refractivity contribution in [2.75, 3.05) is 5.32 Å². The molecule has 120 valence electrons. The molecule has 0 aliphatic carbocycles. The Bertz CT molecular complexity index is 729. The zero-order chi connectivity index (χ0) is 17.0. The van der Waals surface area contributed by atoms with E-state index in [1.54, 1.807) is 12.1 Å². The second kappa shape index (κ2) is 7.24. The third-order valence-electron chi connectivity index (χ3n) is 3.75. The zero-order valence-electron chi connectivity index (χ0n) is 12.9. The fourth-order valence-corrected chi connectivity index (χ4v) is 2.34. The van der Waals surface area contributed by atoms with Gasteiger partial charge in [-0.1, -0.05) is 37.6 Å². The molecule has 0 saturated carbocycles. The lowest BCUT2D eigenvalue weighted by atomic mass is 9.98. The van der Waals surface area contributed by atoms with Crippen molar-refractivity contribution in [1.29, 1.82) is 0 Å². The van der Waals surface area contributed by atoms with Gasteiger partial charge in [0.2, 0.25) is 0 Å². The van der Waals surface area contributed by atoms with Crippen LogP contribution in [0.1, 0.15) is 42.1 Å². The molecule has 0 aliphatic heterocycles. The molecule has 0 radical (unpaired) electrons. The summed E-state index contributed by atoms with van der Waals surface area (Å²) in [5.41, 5.74) is 1.44. The molecule has 5 nitrogen and oxygen atoms in total. The maximum atomic E-state index is 12.3. The molecule has 1 atom stereocenters. The molecule has 2 aromatic carbocycles. The Morgan fingerprint density at radius 1 is 1.26 bits per heavy atom. The lowest BCUT2D eigenvalue weighted by Crippen LogP contribution is -2.14. The first-order valence-electron chi connectivity index (χ1n) is 7.27. The molecule has 2 aromatic rings. The molecule has 1 amide bonds. The van der Waals surface area contributed by atoms with E-state index in [0.29, 0.717) is 11.6 Å². The maximum Gasteiger partial charge on any atom is 0.283 e. The summed E-state index contributed by atoms with van der Waals surface area (Å²) in [5.74, 6) is -0.0956. The first-order chi connectivity index (χ1) is 10.9. The molecule has 0 aliphatic rings. The first-order valence-corrected chi connectivity index (χ1v) is 7.65. The second-order valence-electron chi connectivity index (χ2n) is 5.30. The van der Waals surface area contributed by atoms with Gasteiger partial charge in [-0.25, -0.2) is 0 Å². The number of carbonyl (C=O) groups excluding carboxylic acids is 1. The van der Waals surface area contributed by atoms with Crippen LogP contribution in [-0.4, -0.2) is 10.8 Å². The molecular formula is C17H17ClN2O3. The highest BCUT2D eigenvalue weighted by Gasteiger charge is 2.20. The SMILES string of the molecule is CCC(C)c1ccc(NC(=O)c2ccc(Cl)cc2[N+](=O)[O-])cc1. The van der Waals surface area contributed by atoms with E-state index in [-0.39, 0.29) is 16.3 Å². The van der Waals surface area contributed by atoms with Crippen molar-refractivity contribution in [1.82, 2.24) is 0 Å². The molecule has 6 heteroatoms. The van der Waals surface area contributed by atoms with Crippen molar-refractivity contribution in [3.8, 4) is 0 Å². The third-order valence-corrected chi connectivity index (χ3v) is 3.99. The number of benzene rings is 2. The van der Waals surface area contributed by atoms with Gasteiger partial charge in [-0.05, 0) is 42.2 Å². The van der Waals surface area contributed by atoms with Gasteiger partial charge >= 0.3 is 0 Å². The molecule has 0 heterocycles. The Morgan fingerprint density at radius 2 is 1.91 bits per heavy atom. The van der Waals surface area contributed by atoms with Gasteiger partial charge in [0, 0.05) is 16.8 Å². The van der Waals surface area contributed by atoms with Gasteiger partial charge < -0.3 is 5.32 Å². The van der Waals surface area contributed by atoms with Crippen LogP contribution in [0.5, 0.6) is 0 Å². The summed E-state index contributed by atoms with van der Waals surface area (Å²) >= 11 is 5.75. The number of hydrogen-bond donors (Lipinski definition) is 1. The van der Waals surface area contributed by atoms with Gasteiger partial charge in [0.05, 0.1) is 4.92 Å². The first kappa shape index (κ1) is 17.0. The van der Waals surface area contributed by atoms with Gasteiger partial charge in [-0.15, -0.1) is 0 Å². The molecule has 1 unspecified atom stereocenters. The standard InChI is InChI=1S/C17H17ClN2O3/c1-3-11(2)12-4-7-14(8-5-12)19-17(21)15-9-6-13(18)10-16(15)20(22)23/h4-11H,3H2,1-2H3,(H,19,21). The number of nitro benzene ring substituents is 1. The average Bonchev–Trinajstić information content (AvgIpc) is 2.54. The van der Waals surface area contributed by atoms with E-state index in [4.69, 9.17) is 11.6 Å². The number of hydrogen-bond acceptors (Lipinski definition) is 3. The van der Waals surface area contributed by atoms with Gasteiger partial charge in [-0.2, -0.15) is 0 Å². The Labute approximate surface area is 139 Å². The van der Waals surface area contributed by atoms with Gasteiger partial charge in [0.15, 0.2) is 0 Å². The monoisotopic (exact) mass is 332 g/mol. The highest BCUT2D eigenvalue weighted by molar-refractivity contribution is 6.31. The van der Waals surface area contributed by atoms with Crippen LogP contribution >= 0.6 is 11.6 Å². The van der Waals surface area contributed by atoms with E-state index in [1.807, 2.05) is 12.1 Å². The minimum atomic E-state index is -0.618. The summed E-state index contributed by atoms with van der Waals surface area (Å²) in [4.78, 5) is 22.7. The number of anilines is 1. The fourth-order valence-electron chi connectivity index (χ4n) is 2.18. The molecule has 0 saturated heterocycles. The number of halogens is 1. The summed E-state index contributed by atoms with van der Waals surface area (Å²) in [6.07, 6.45) is 1.03. The van der Waals surface area contributed by atoms with Crippen LogP contribution in [0.15, 0.2) is 42.5 Å². The van der Waals surface area contributed by atoms with Crippen molar-refractivity contribution >= 4 is 28.9 Å². The Morgan fingerprint density at radius 3 is 2.48 bits per heavy atom. The predicted molar refractivity (Wildman–Crippen MR) is 91.2 cm³/mol. The normalized spacial score (nSPS) is 11.8. The third kappa shape index (κ3) is 4.07. The zero-order valence-corrected chi connectivity index (χ0v) is 13.6. The second-order valence-corrected chi connectivity index (χ2v) is 5.74. The van der Waals surface area contributed by atoms with Crippen molar-refractivity contribution in [2.45, 2.75) is 26.2 Å². The summed E-state index contributed by atoms with van der Waals surface area (Å²) in [7, 11) is 0. The Balaban J connectivity index is 2.21. The quantitative estimate of drug-likeness (QED) is 0.617. The van der Waals surface area contributed by atoms with Gasteiger partial charge in [0.1, 0.15) is 5.56 Å². The van der Waals surface area contributed by atoms with Gasteiger partial charge in [0.25, 0.3) is 11.6 Å².